The zero-order valence-electron chi connectivity index (χ0n) is 12.9. The van der Waals surface area contributed by atoms with Crippen LogP contribution in [0.15, 0.2) is 24.3 Å². The van der Waals surface area contributed by atoms with Gasteiger partial charge >= 0.3 is 0 Å². The molecule has 1 aromatic carbocycles. The standard InChI is InChI=1S/C17H28N2O/c1-3-19(14-16-5-4-11-18-13-16)12-10-15-6-8-17(20-2)9-7-15/h6-9,16,18H,3-5,10-14H2,1-2H3. The van der Waals surface area contributed by atoms with Gasteiger partial charge in [-0.3, -0.25) is 0 Å². The summed E-state index contributed by atoms with van der Waals surface area (Å²) < 4.78 is 5.20. The van der Waals surface area contributed by atoms with E-state index in [2.05, 4.69) is 41.4 Å². The van der Waals surface area contributed by atoms with Crippen LogP contribution in [0.4, 0.5) is 0 Å². The first-order valence-corrected chi connectivity index (χ1v) is 7.87. The predicted octanol–water partition coefficient (Wildman–Crippen LogP) is 2.56. The van der Waals surface area contributed by atoms with Crippen LogP contribution in [0.2, 0.25) is 0 Å². The first kappa shape index (κ1) is 15.3. The number of likely N-dealkylation sites (N-methyl/N-ethyl adjacent to an activating group) is 1. The van der Waals surface area contributed by atoms with Gasteiger partial charge in [0, 0.05) is 13.1 Å². The van der Waals surface area contributed by atoms with Gasteiger partial charge < -0.3 is 15.0 Å². The molecule has 0 saturated carbocycles. The fourth-order valence-electron chi connectivity index (χ4n) is 2.90. The van der Waals surface area contributed by atoms with Crippen LogP contribution in [0.5, 0.6) is 5.75 Å². The van der Waals surface area contributed by atoms with E-state index in [9.17, 15) is 0 Å². The molecule has 0 aromatic heterocycles. The molecule has 0 aliphatic carbocycles. The van der Waals surface area contributed by atoms with Crippen molar-refractivity contribution < 1.29 is 4.74 Å². The summed E-state index contributed by atoms with van der Waals surface area (Å²) in [6.45, 7) is 8.20. The van der Waals surface area contributed by atoms with Crippen molar-refractivity contribution in [2.24, 2.45) is 5.92 Å². The normalized spacial score (nSPS) is 19.2. The molecule has 112 valence electrons. The van der Waals surface area contributed by atoms with Crippen molar-refractivity contribution in [3.8, 4) is 5.75 Å². The molecule has 1 unspecified atom stereocenters. The summed E-state index contributed by atoms with van der Waals surface area (Å²) in [4.78, 5) is 2.59. The maximum Gasteiger partial charge on any atom is 0.118 e. The molecule has 1 atom stereocenters. The van der Waals surface area contributed by atoms with E-state index in [1.807, 2.05) is 0 Å². The van der Waals surface area contributed by atoms with E-state index in [-0.39, 0.29) is 0 Å². The van der Waals surface area contributed by atoms with Crippen molar-refractivity contribution in [3.63, 3.8) is 0 Å². The Morgan fingerprint density at radius 2 is 2.10 bits per heavy atom. The van der Waals surface area contributed by atoms with Gasteiger partial charge in [-0.05, 0) is 62.5 Å². The van der Waals surface area contributed by atoms with E-state index in [1.165, 1.54) is 38.0 Å². The average Bonchev–Trinajstić information content (AvgIpc) is 2.53. The van der Waals surface area contributed by atoms with Gasteiger partial charge in [0.05, 0.1) is 7.11 Å². The summed E-state index contributed by atoms with van der Waals surface area (Å²) in [5.41, 5.74) is 1.39. The van der Waals surface area contributed by atoms with Gasteiger partial charge in [0.25, 0.3) is 0 Å². The third-order valence-corrected chi connectivity index (χ3v) is 4.24. The van der Waals surface area contributed by atoms with Crippen LogP contribution in [0, 0.1) is 5.92 Å². The first-order valence-electron chi connectivity index (χ1n) is 7.87. The molecule has 3 heteroatoms. The molecule has 1 heterocycles. The van der Waals surface area contributed by atoms with Crippen molar-refractivity contribution in [1.82, 2.24) is 10.2 Å². The molecule has 1 aliphatic heterocycles. The van der Waals surface area contributed by atoms with Gasteiger partial charge in [0.2, 0.25) is 0 Å². The lowest BCUT2D eigenvalue weighted by molar-refractivity contribution is 0.218. The van der Waals surface area contributed by atoms with E-state index < -0.39 is 0 Å². The highest BCUT2D eigenvalue weighted by atomic mass is 16.5. The lowest BCUT2D eigenvalue weighted by Crippen LogP contribution is -2.39. The highest BCUT2D eigenvalue weighted by Crippen LogP contribution is 2.14. The number of ether oxygens (including phenoxy) is 1. The molecule has 1 N–H and O–H groups in total. The molecule has 20 heavy (non-hydrogen) atoms. The largest absolute Gasteiger partial charge is 0.497 e. The van der Waals surface area contributed by atoms with E-state index in [0.29, 0.717) is 0 Å². The maximum absolute atomic E-state index is 5.20. The molecule has 1 fully saturated rings. The number of benzene rings is 1. The number of nitrogens with one attached hydrogen (secondary N) is 1. The summed E-state index contributed by atoms with van der Waals surface area (Å²) in [5.74, 6) is 1.77. The van der Waals surface area contributed by atoms with Crippen LogP contribution in [-0.4, -0.2) is 44.7 Å². The van der Waals surface area contributed by atoms with Crippen LogP contribution in [0.25, 0.3) is 0 Å². The van der Waals surface area contributed by atoms with Crippen LogP contribution in [0.1, 0.15) is 25.3 Å². The minimum atomic E-state index is 0.833. The lowest BCUT2D eigenvalue weighted by Gasteiger charge is -2.29. The van der Waals surface area contributed by atoms with Crippen molar-refractivity contribution in [2.75, 3.05) is 39.8 Å². The average molecular weight is 276 g/mol. The van der Waals surface area contributed by atoms with Crippen LogP contribution >= 0.6 is 0 Å². The fraction of sp³-hybridized carbons (Fsp3) is 0.647. The highest BCUT2D eigenvalue weighted by molar-refractivity contribution is 5.27. The van der Waals surface area contributed by atoms with E-state index in [1.54, 1.807) is 7.11 Å². The summed E-state index contributed by atoms with van der Waals surface area (Å²) in [5, 5.41) is 3.51. The van der Waals surface area contributed by atoms with Crippen molar-refractivity contribution >= 4 is 0 Å². The molecule has 0 spiro atoms. The Morgan fingerprint density at radius 3 is 2.70 bits per heavy atom. The number of hydrogen-bond donors (Lipinski definition) is 1. The van der Waals surface area contributed by atoms with Crippen LogP contribution in [0.3, 0.4) is 0 Å². The molecule has 1 saturated heterocycles. The van der Waals surface area contributed by atoms with Crippen molar-refractivity contribution in [2.45, 2.75) is 26.2 Å². The van der Waals surface area contributed by atoms with E-state index in [0.717, 1.165) is 31.2 Å². The second-order valence-electron chi connectivity index (χ2n) is 5.70. The number of hydrogen-bond acceptors (Lipinski definition) is 3. The van der Waals surface area contributed by atoms with Gasteiger partial charge in [0.1, 0.15) is 5.75 Å². The molecular formula is C17H28N2O. The van der Waals surface area contributed by atoms with Gasteiger partial charge in [0.15, 0.2) is 0 Å². The predicted molar refractivity (Wildman–Crippen MR) is 84.4 cm³/mol. The fourth-order valence-corrected chi connectivity index (χ4v) is 2.90. The summed E-state index contributed by atoms with van der Waals surface area (Å²) in [6, 6.07) is 8.46. The smallest absolute Gasteiger partial charge is 0.118 e. The SMILES string of the molecule is CCN(CCc1ccc(OC)cc1)CC1CCCNC1. The van der Waals surface area contributed by atoms with E-state index in [4.69, 9.17) is 4.74 Å². The van der Waals surface area contributed by atoms with Gasteiger partial charge in [-0.15, -0.1) is 0 Å². The third-order valence-electron chi connectivity index (χ3n) is 4.24. The first-order chi connectivity index (χ1) is 9.81. The number of rotatable bonds is 7. The number of methoxy groups -OCH3 is 1. The quantitative estimate of drug-likeness (QED) is 0.828. The summed E-state index contributed by atoms with van der Waals surface area (Å²) in [6.07, 6.45) is 3.84. The third kappa shape index (κ3) is 4.80. The van der Waals surface area contributed by atoms with Gasteiger partial charge in [-0.2, -0.15) is 0 Å². The Kier molecular flexibility index (Phi) is 6.34. The highest BCUT2D eigenvalue weighted by Gasteiger charge is 2.15. The Balaban J connectivity index is 1.77. The molecular weight excluding hydrogens is 248 g/mol. The molecule has 0 radical (unpaired) electrons. The number of nitrogens with zero attached hydrogens (tertiary/aromatic N) is 1. The van der Waals surface area contributed by atoms with Gasteiger partial charge in [-0.25, -0.2) is 0 Å². The zero-order chi connectivity index (χ0) is 14.2. The summed E-state index contributed by atoms with van der Waals surface area (Å²) >= 11 is 0. The Morgan fingerprint density at radius 1 is 1.30 bits per heavy atom. The van der Waals surface area contributed by atoms with Crippen molar-refractivity contribution in [1.29, 1.82) is 0 Å². The molecule has 3 nitrogen and oxygen atoms in total. The maximum atomic E-state index is 5.20. The Hall–Kier alpha value is -1.06. The molecule has 2 rings (SSSR count). The molecule has 1 aromatic rings. The Bertz CT molecular complexity index is 371. The minimum absolute atomic E-state index is 0.833. The zero-order valence-corrected chi connectivity index (χ0v) is 12.9. The van der Waals surface area contributed by atoms with Gasteiger partial charge in [-0.1, -0.05) is 19.1 Å². The van der Waals surface area contributed by atoms with Crippen LogP contribution in [-0.2, 0) is 6.42 Å². The second kappa shape index (κ2) is 8.28. The van der Waals surface area contributed by atoms with Crippen LogP contribution < -0.4 is 10.1 Å². The topological polar surface area (TPSA) is 24.5 Å². The Labute approximate surface area is 123 Å². The van der Waals surface area contributed by atoms with E-state index >= 15 is 0 Å². The monoisotopic (exact) mass is 276 g/mol. The molecule has 0 bridgehead atoms. The van der Waals surface area contributed by atoms with Crippen molar-refractivity contribution in [3.05, 3.63) is 29.8 Å². The minimum Gasteiger partial charge on any atom is -0.497 e. The number of piperidine rings is 1. The second-order valence-corrected chi connectivity index (χ2v) is 5.70. The molecule has 1 aliphatic rings. The summed E-state index contributed by atoms with van der Waals surface area (Å²) in [7, 11) is 1.71. The lowest BCUT2D eigenvalue weighted by atomic mass is 9.99. The molecule has 0 amide bonds.